The Morgan fingerprint density at radius 3 is 2.69 bits per heavy atom. The van der Waals surface area contributed by atoms with Crippen molar-refractivity contribution in [3.05, 3.63) is 88.3 Å². The summed E-state index contributed by atoms with van der Waals surface area (Å²) in [6, 6.07) is 11.7. The summed E-state index contributed by atoms with van der Waals surface area (Å²) in [7, 11) is 0. The lowest BCUT2D eigenvalue weighted by molar-refractivity contribution is 0.0931. The van der Waals surface area contributed by atoms with Gasteiger partial charge in [-0.2, -0.15) is 5.21 Å². The molecule has 4 aromatic rings. The molecule has 2 amide bonds. The van der Waals surface area contributed by atoms with Crippen molar-refractivity contribution in [2.24, 2.45) is 0 Å². The molecule has 0 saturated carbocycles. The van der Waals surface area contributed by atoms with Crippen molar-refractivity contribution in [2.45, 2.75) is 32.4 Å². The molecule has 1 unspecified atom stereocenters. The Balaban J connectivity index is 1.24. The second-order valence-electron chi connectivity index (χ2n) is 8.27. The Bertz CT molecular complexity index is 1410. The quantitative estimate of drug-likeness (QED) is 0.392. The zero-order valence-corrected chi connectivity index (χ0v) is 18.7. The van der Waals surface area contributed by atoms with Gasteiger partial charge in [0, 0.05) is 18.2 Å². The molecule has 0 aliphatic heterocycles. The number of aromatic amines is 1. The molecule has 1 aliphatic rings. The van der Waals surface area contributed by atoms with Gasteiger partial charge in [-0.25, -0.2) is 14.4 Å². The van der Waals surface area contributed by atoms with Crippen LogP contribution in [0.3, 0.4) is 0 Å². The second-order valence-corrected chi connectivity index (χ2v) is 8.27. The number of hydrogen-bond acceptors (Lipinski definition) is 7. The molecular weight excluding hydrogens is 451 g/mol. The number of tetrazole rings is 1. The van der Waals surface area contributed by atoms with E-state index in [0.29, 0.717) is 11.4 Å². The third kappa shape index (κ3) is 4.74. The molecule has 10 nitrogen and oxygen atoms in total. The van der Waals surface area contributed by atoms with Crippen LogP contribution in [0.4, 0.5) is 4.39 Å². The summed E-state index contributed by atoms with van der Waals surface area (Å²) in [4.78, 5) is 33.5. The highest BCUT2D eigenvalue weighted by Crippen LogP contribution is 2.33. The maximum absolute atomic E-state index is 13.4. The van der Waals surface area contributed by atoms with Crippen LogP contribution in [-0.2, 0) is 13.0 Å². The van der Waals surface area contributed by atoms with Gasteiger partial charge in [0.1, 0.15) is 23.5 Å². The van der Waals surface area contributed by atoms with Gasteiger partial charge in [0.2, 0.25) is 5.82 Å². The molecule has 5 rings (SSSR count). The van der Waals surface area contributed by atoms with E-state index in [4.69, 9.17) is 0 Å². The molecule has 1 aliphatic carbocycles. The van der Waals surface area contributed by atoms with E-state index in [1.807, 2.05) is 18.2 Å². The van der Waals surface area contributed by atoms with Crippen molar-refractivity contribution in [1.82, 2.24) is 41.2 Å². The minimum atomic E-state index is -0.455. The average Bonchev–Trinajstić information content (AvgIpc) is 3.55. The maximum atomic E-state index is 13.4. The first-order chi connectivity index (χ1) is 17.0. The molecule has 2 aromatic heterocycles. The van der Waals surface area contributed by atoms with Crippen molar-refractivity contribution < 1.29 is 14.0 Å². The summed E-state index contributed by atoms with van der Waals surface area (Å²) < 4.78 is 13.4. The average molecular weight is 472 g/mol. The van der Waals surface area contributed by atoms with E-state index in [1.54, 1.807) is 19.1 Å². The van der Waals surface area contributed by atoms with Crippen LogP contribution in [0.5, 0.6) is 0 Å². The first-order valence-corrected chi connectivity index (χ1v) is 11.0. The second kappa shape index (κ2) is 9.37. The van der Waals surface area contributed by atoms with Gasteiger partial charge in [-0.15, -0.1) is 10.2 Å². The molecule has 3 N–H and O–H groups in total. The van der Waals surface area contributed by atoms with Crippen LogP contribution in [0.25, 0.3) is 11.4 Å². The van der Waals surface area contributed by atoms with Crippen molar-refractivity contribution in [1.29, 1.82) is 0 Å². The summed E-state index contributed by atoms with van der Waals surface area (Å²) in [6.07, 6.45) is 2.73. The van der Waals surface area contributed by atoms with Gasteiger partial charge in [-0.3, -0.25) is 9.59 Å². The molecule has 11 heteroatoms. The number of carbonyl (C=O) groups excluding carboxylic acids is 2. The number of aromatic nitrogens is 6. The molecule has 0 saturated heterocycles. The minimum absolute atomic E-state index is 0.0700. The molecule has 35 heavy (non-hydrogen) atoms. The Kier molecular flexibility index (Phi) is 5.96. The summed E-state index contributed by atoms with van der Waals surface area (Å²) >= 11 is 0. The highest BCUT2D eigenvalue weighted by Gasteiger charge is 2.26. The van der Waals surface area contributed by atoms with Crippen LogP contribution in [0.2, 0.25) is 0 Å². The number of H-pyrrole nitrogens is 1. The number of hydrogen-bond donors (Lipinski definition) is 3. The number of rotatable bonds is 6. The Hall–Kier alpha value is -4.54. The number of nitrogens with one attached hydrogen (secondary N) is 3. The lowest BCUT2D eigenvalue weighted by Gasteiger charge is -2.14. The maximum Gasteiger partial charge on any atom is 0.270 e. The van der Waals surface area contributed by atoms with Gasteiger partial charge in [0.05, 0.1) is 6.04 Å². The van der Waals surface area contributed by atoms with E-state index in [1.165, 1.54) is 18.5 Å². The summed E-state index contributed by atoms with van der Waals surface area (Å²) in [5, 5.41) is 19.8. The topological polar surface area (TPSA) is 138 Å². The van der Waals surface area contributed by atoms with Crippen LogP contribution in [0, 0.1) is 12.7 Å². The fourth-order valence-corrected chi connectivity index (χ4v) is 4.12. The molecule has 0 radical (unpaired) electrons. The summed E-state index contributed by atoms with van der Waals surface area (Å²) in [6.45, 7) is 1.86. The largest absolute Gasteiger partial charge is 0.347 e. The zero-order valence-electron chi connectivity index (χ0n) is 18.7. The highest BCUT2D eigenvalue weighted by molar-refractivity contribution is 5.97. The minimum Gasteiger partial charge on any atom is -0.347 e. The van der Waals surface area contributed by atoms with Crippen molar-refractivity contribution in [3.8, 4) is 11.4 Å². The number of halogens is 1. The summed E-state index contributed by atoms with van der Waals surface area (Å²) in [5.41, 5.74) is 4.40. The van der Waals surface area contributed by atoms with Crippen molar-refractivity contribution >= 4 is 11.8 Å². The molecule has 1 atom stereocenters. The van der Waals surface area contributed by atoms with Gasteiger partial charge >= 0.3 is 0 Å². The number of benzene rings is 2. The fraction of sp³-hybridized carbons (Fsp3) is 0.208. The summed E-state index contributed by atoms with van der Waals surface area (Å²) in [5.74, 6) is -0.634. The standard InChI is InChI=1S/C24H21FN8O2/c1-13-8-14(2-6-18(13)25)11-26-23(34)20-10-21(28-12-27-20)24(35)29-19-7-4-15-9-16(3-5-17(15)19)22-30-32-33-31-22/h2-3,5-6,8-10,12,19H,4,7,11H2,1H3,(H,26,34)(H,29,35)(H,30,31,32,33). The van der Waals surface area contributed by atoms with E-state index in [9.17, 15) is 14.0 Å². The molecule has 0 fully saturated rings. The van der Waals surface area contributed by atoms with E-state index in [-0.39, 0.29) is 29.8 Å². The predicted molar refractivity (Wildman–Crippen MR) is 122 cm³/mol. The van der Waals surface area contributed by atoms with Crippen LogP contribution in [-0.4, -0.2) is 42.4 Å². The molecule has 2 aromatic carbocycles. The van der Waals surface area contributed by atoms with E-state index in [0.717, 1.165) is 35.1 Å². The van der Waals surface area contributed by atoms with Crippen LogP contribution >= 0.6 is 0 Å². The Labute approximate surface area is 199 Å². The van der Waals surface area contributed by atoms with Crippen LogP contribution in [0.1, 0.15) is 55.7 Å². The fourth-order valence-electron chi connectivity index (χ4n) is 4.12. The predicted octanol–water partition coefficient (Wildman–Crippen LogP) is 2.45. The Morgan fingerprint density at radius 1 is 1.09 bits per heavy atom. The SMILES string of the molecule is Cc1cc(CNC(=O)c2cc(C(=O)NC3CCc4cc(-c5nn[nH]n5)ccc43)ncn2)ccc1F. The third-order valence-corrected chi connectivity index (χ3v) is 5.94. The molecule has 2 heterocycles. The number of aryl methyl sites for hydroxylation is 2. The van der Waals surface area contributed by atoms with Gasteiger partial charge in [0.15, 0.2) is 0 Å². The lowest BCUT2D eigenvalue weighted by atomic mass is 10.0. The first-order valence-electron chi connectivity index (χ1n) is 11.0. The number of amides is 2. The molecular formula is C24H21FN8O2. The zero-order chi connectivity index (χ0) is 24.4. The van der Waals surface area contributed by atoms with Crippen molar-refractivity contribution in [3.63, 3.8) is 0 Å². The molecule has 176 valence electrons. The van der Waals surface area contributed by atoms with Crippen LogP contribution in [0.15, 0.2) is 48.8 Å². The normalized spacial score (nSPS) is 14.4. The molecule has 0 bridgehead atoms. The van der Waals surface area contributed by atoms with Gasteiger partial charge in [0.25, 0.3) is 11.8 Å². The van der Waals surface area contributed by atoms with Crippen molar-refractivity contribution in [2.75, 3.05) is 0 Å². The number of carbonyl (C=O) groups is 2. The van der Waals surface area contributed by atoms with E-state index in [2.05, 4.69) is 41.2 Å². The molecule has 0 spiro atoms. The number of nitrogens with zero attached hydrogens (tertiary/aromatic N) is 5. The lowest BCUT2D eigenvalue weighted by Crippen LogP contribution is -2.29. The van der Waals surface area contributed by atoms with E-state index >= 15 is 0 Å². The van der Waals surface area contributed by atoms with Crippen LogP contribution < -0.4 is 10.6 Å². The Morgan fingerprint density at radius 2 is 1.91 bits per heavy atom. The van der Waals surface area contributed by atoms with Gasteiger partial charge in [-0.1, -0.05) is 24.3 Å². The highest BCUT2D eigenvalue weighted by atomic mass is 19.1. The first kappa shape index (κ1) is 22.3. The number of fused-ring (bicyclic) bond motifs is 1. The van der Waals surface area contributed by atoms with E-state index < -0.39 is 11.8 Å². The monoisotopic (exact) mass is 472 g/mol. The van der Waals surface area contributed by atoms with Gasteiger partial charge in [-0.05, 0) is 59.4 Å². The smallest absolute Gasteiger partial charge is 0.270 e. The third-order valence-electron chi connectivity index (χ3n) is 5.94. The van der Waals surface area contributed by atoms with Gasteiger partial charge < -0.3 is 10.6 Å².